The summed E-state index contributed by atoms with van der Waals surface area (Å²) in [6.45, 7) is 8.37. The van der Waals surface area contributed by atoms with Gasteiger partial charge in [-0.05, 0) is 31.1 Å². The van der Waals surface area contributed by atoms with Gasteiger partial charge in [-0.2, -0.15) is 0 Å². The van der Waals surface area contributed by atoms with Crippen molar-refractivity contribution in [2.24, 2.45) is 11.8 Å². The van der Waals surface area contributed by atoms with Crippen molar-refractivity contribution >= 4 is 22.3 Å². The summed E-state index contributed by atoms with van der Waals surface area (Å²) >= 11 is 1.60. The van der Waals surface area contributed by atoms with E-state index in [1.54, 1.807) is 18.3 Å². The fraction of sp³-hybridized carbons (Fsp3) is 0.714. The Labute approximate surface area is 113 Å². The van der Waals surface area contributed by atoms with Crippen molar-refractivity contribution in [2.45, 2.75) is 40.0 Å². The molecule has 0 aliphatic carbocycles. The minimum Gasteiger partial charge on any atom is -0.348 e. The maximum Gasteiger partial charge on any atom is 0.185 e. The number of hydrogen-bond donors (Lipinski definition) is 0. The van der Waals surface area contributed by atoms with Crippen LogP contribution in [0.1, 0.15) is 50.5 Å². The fourth-order valence-corrected chi connectivity index (χ4v) is 3.47. The molecular formula is C14H22N2OS. The van der Waals surface area contributed by atoms with Gasteiger partial charge >= 0.3 is 0 Å². The van der Waals surface area contributed by atoms with Crippen LogP contribution in [0.2, 0.25) is 0 Å². The van der Waals surface area contributed by atoms with Crippen LogP contribution in [0.15, 0.2) is 5.38 Å². The van der Waals surface area contributed by atoms with Gasteiger partial charge in [-0.3, -0.25) is 4.79 Å². The quantitative estimate of drug-likeness (QED) is 0.784. The second-order valence-corrected chi connectivity index (χ2v) is 6.33. The topological polar surface area (TPSA) is 33.2 Å². The lowest BCUT2D eigenvalue weighted by molar-refractivity contribution is 0.101. The number of carbonyl (C=O) groups is 1. The Bertz CT molecular complexity index is 414. The van der Waals surface area contributed by atoms with Gasteiger partial charge < -0.3 is 4.90 Å². The van der Waals surface area contributed by atoms with E-state index in [0.29, 0.717) is 5.69 Å². The first kappa shape index (κ1) is 13.5. The zero-order valence-corrected chi connectivity index (χ0v) is 12.3. The second-order valence-electron chi connectivity index (χ2n) is 5.49. The molecule has 0 amide bonds. The van der Waals surface area contributed by atoms with Crippen LogP contribution in [-0.4, -0.2) is 23.9 Å². The number of thiazole rings is 1. The van der Waals surface area contributed by atoms with Gasteiger partial charge in [0.15, 0.2) is 10.9 Å². The molecular weight excluding hydrogens is 244 g/mol. The first-order valence-electron chi connectivity index (χ1n) is 6.79. The number of hydrogen-bond acceptors (Lipinski definition) is 4. The van der Waals surface area contributed by atoms with E-state index in [-0.39, 0.29) is 5.78 Å². The van der Waals surface area contributed by atoms with Crippen LogP contribution in [0.5, 0.6) is 0 Å². The third kappa shape index (κ3) is 3.10. The summed E-state index contributed by atoms with van der Waals surface area (Å²) in [5.41, 5.74) is 0.611. The molecule has 0 aromatic carbocycles. The molecule has 100 valence electrons. The van der Waals surface area contributed by atoms with Crippen LogP contribution in [0.25, 0.3) is 0 Å². The lowest BCUT2D eigenvalue weighted by Gasteiger charge is -2.20. The van der Waals surface area contributed by atoms with Crippen LogP contribution >= 0.6 is 11.3 Å². The third-order valence-electron chi connectivity index (χ3n) is 3.84. The average molecular weight is 266 g/mol. The van der Waals surface area contributed by atoms with Gasteiger partial charge in [-0.15, -0.1) is 11.3 Å². The van der Waals surface area contributed by atoms with Crippen LogP contribution in [0.4, 0.5) is 5.13 Å². The molecule has 1 fully saturated rings. The standard InChI is InChI=1S/C14H22N2OS/c1-10(2)12-5-4-7-16(8-6-12)14-15-13(9-18-14)11(3)17/h9-10,12H,4-8H2,1-3H3. The molecule has 3 nitrogen and oxygen atoms in total. The monoisotopic (exact) mass is 266 g/mol. The molecule has 0 radical (unpaired) electrons. The van der Waals surface area contributed by atoms with E-state index in [1.165, 1.54) is 19.3 Å². The molecule has 2 heterocycles. The molecule has 0 N–H and O–H groups in total. The van der Waals surface area contributed by atoms with Gasteiger partial charge in [0.1, 0.15) is 5.69 Å². The van der Waals surface area contributed by atoms with Gasteiger partial charge in [0.05, 0.1) is 0 Å². The van der Waals surface area contributed by atoms with E-state index in [0.717, 1.165) is 30.1 Å². The first-order chi connectivity index (χ1) is 8.58. The highest BCUT2D eigenvalue weighted by molar-refractivity contribution is 7.13. The summed E-state index contributed by atoms with van der Waals surface area (Å²) in [6.07, 6.45) is 3.80. The molecule has 2 rings (SSSR count). The molecule has 1 unspecified atom stereocenters. The predicted molar refractivity (Wildman–Crippen MR) is 76.5 cm³/mol. The van der Waals surface area contributed by atoms with Gasteiger partial charge in [0.25, 0.3) is 0 Å². The lowest BCUT2D eigenvalue weighted by atomic mass is 9.89. The molecule has 1 saturated heterocycles. The summed E-state index contributed by atoms with van der Waals surface area (Å²) in [5, 5.41) is 2.90. The van der Waals surface area contributed by atoms with Crippen molar-refractivity contribution in [1.82, 2.24) is 4.98 Å². The molecule has 4 heteroatoms. The van der Waals surface area contributed by atoms with E-state index in [2.05, 4.69) is 23.7 Å². The zero-order chi connectivity index (χ0) is 13.1. The number of Topliss-reactive ketones (excluding diaryl/α,β-unsaturated/α-hetero) is 1. The third-order valence-corrected chi connectivity index (χ3v) is 4.74. The molecule has 0 spiro atoms. The Hall–Kier alpha value is -0.900. The molecule has 1 aromatic heterocycles. The Morgan fingerprint density at radius 3 is 2.83 bits per heavy atom. The van der Waals surface area contributed by atoms with Crippen molar-refractivity contribution < 1.29 is 4.79 Å². The first-order valence-corrected chi connectivity index (χ1v) is 7.67. The van der Waals surface area contributed by atoms with Gasteiger partial charge in [-0.1, -0.05) is 13.8 Å². The average Bonchev–Trinajstić information content (AvgIpc) is 2.67. The van der Waals surface area contributed by atoms with Crippen molar-refractivity contribution in [3.8, 4) is 0 Å². The summed E-state index contributed by atoms with van der Waals surface area (Å²) in [7, 11) is 0. The van der Waals surface area contributed by atoms with Gasteiger partial charge in [0, 0.05) is 25.4 Å². The Morgan fingerprint density at radius 2 is 2.22 bits per heavy atom. The normalized spacial score (nSPS) is 21.1. The Morgan fingerprint density at radius 1 is 1.44 bits per heavy atom. The smallest absolute Gasteiger partial charge is 0.185 e. The van der Waals surface area contributed by atoms with E-state index >= 15 is 0 Å². The molecule has 1 aliphatic rings. The highest BCUT2D eigenvalue weighted by Crippen LogP contribution is 2.28. The number of anilines is 1. The number of nitrogens with zero attached hydrogens (tertiary/aromatic N) is 2. The van der Waals surface area contributed by atoms with Crippen molar-refractivity contribution in [3.05, 3.63) is 11.1 Å². The minimum atomic E-state index is 0.0624. The van der Waals surface area contributed by atoms with Crippen LogP contribution < -0.4 is 4.90 Å². The number of ketones is 1. The number of aromatic nitrogens is 1. The van der Waals surface area contributed by atoms with E-state index < -0.39 is 0 Å². The van der Waals surface area contributed by atoms with Crippen molar-refractivity contribution in [1.29, 1.82) is 0 Å². The molecule has 0 saturated carbocycles. The highest BCUT2D eigenvalue weighted by Gasteiger charge is 2.21. The minimum absolute atomic E-state index is 0.0624. The molecule has 1 atom stereocenters. The summed E-state index contributed by atoms with van der Waals surface area (Å²) < 4.78 is 0. The lowest BCUT2D eigenvalue weighted by Crippen LogP contribution is -2.24. The fourth-order valence-electron chi connectivity index (χ4n) is 2.55. The van der Waals surface area contributed by atoms with Crippen molar-refractivity contribution in [2.75, 3.05) is 18.0 Å². The van der Waals surface area contributed by atoms with E-state index in [4.69, 9.17) is 0 Å². The Kier molecular flexibility index (Phi) is 4.38. The van der Waals surface area contributed by atoms with Crippen molar-refractivity contribution in [3.63, 3.8) is 0 Å². The summed E-state index contributed by atoms with van der Waals surface area (Å²) in [6, 6.07) is 0. The second kappa shape index (κ2) is 5.83. The maximum atomic E-state index is 11.3. The van der Waals surface area contributed by atoms with Crippen LogP contribution in [0, 0.1) is 11.8 Å². The van der Waals surface area contributed by atoms with Gasteiger partial charge in [-0.25, -0.2) is 4.98 Å². The van der Waals surface area contributed by atoms with Gasteiger partial charge in [0.2, 0.25) is 0 Å². The largest absolute Gasteiger partial charge is 0.348 e. The number of carbonyl (C=O) groups excluding carboxylic acids is 1. The molecule has 1 aliphatic heterocycles. The highest BCUT2D eigenvalue weighted by atomic mass is 32.1. The summed E-state index contributed by atoms with van der Waals surface area (Å²) in [5.74, 6) is 1.67. The Balaban J connectivity index is 2.02. The molecule has 0 bridgehead atoms. The van der Waals surface area contributed by atoms with E-state index in [9.17, 15) is 4.79 Å². The van der Waals surface area contributed by atoms with Crippen LogP contribution in [0.3, 0.4) is 0 Å². The molecule has 18 heavy (non-hydrogen) atoms. The zero-order valence-electron chi connectivity index (χ0n) is 11.5. The van der Waals surface area contributed by atoms with Crippen LogP contribution in [-0.2, 0) is 0 Å². The predicted octanol–water partition coefficient (Wildman–Crippen LogP) is 3.61. The maximum absolute atomic E-state index is 11.3. The number of rotatable bonds is 3. The molecule has 1 aromatic rings. The SMILES string of the molecule is CC(=O)c1csc(N2CCCC(C(C)C)CC2)n1. The van der Waals surface area contributed by atoms with E-state index in [1.807, 2.05) is 5.38 Å². The summed E-state index contributed by atoms with van der Waals surface area (Å²) in [4.78, 5) is 18.1.